The summed E-state index contributed by atoms with van der Waals surface area (Å²) >= 11 is 0. The number of benzene rings is 2. The monoisotopic (exact) mass is 255 g/mol. The molecule has 0 heterocycles. The van der Waals surface area contributed by atoms with Crippen LogP contribution < -0.4 is 10.5 Å². The van der Waals surface area contributed by atoms with E-state index in [2.05, 4.69) is 45.0 Å². The second-order valence-electron chi connectivity index (χ2n) is 4.91. The van der Waals surface area contributed by atoms with Crippen LogP contribution in [0.4, 0.5) is 5.69 Å². The third-order valence-electron chi connectivity index (χ3n) is 3.52. The number of rotatable bonds is 3. The number of nitrogen functional groups attached to an aromatic ring is 1. The maximum absolute atomic E-state index is 5.96. The Morgan fingerprint density at radius 3 is 2.16 bits per heavy atom. The molecule has 2 N–H and O–H groups in total. The molecule has 0 aliphatic rings. The Balaban J connectivity index is 2.53. The molecule has 0 radical (unpaired) electrons. The van der Waals surface area contributed by atoms with Crippen molar-refractivity contribution < 1.29 is 4.74 Å². The van der Waals surface area contributed by atoms with Gasteiger partial charge in [0.25, 0.3) is 0 Å². The van der Waals surface area contributed by atoms with Gasteiger partial charge in [-0.25, -0.2) is 0 Å². The van der Waals surface area contributed by atoms with Crippen LogP contribution in [0.3, 0.4) is 0 Å². The van der Waals surface area contributed by atoms with E-state index in [4.69, 9.17) is 10.5 Å². The standard InChI is InChI=1S/C17H21NO/c1-5-13-10-14(6-7-16(13)18)15-8-11(2)17(19-4)12(3)9-15/h6-10H,5,18H2,1-4H3. The highest BCUT2D eigenvalue weighted by molar-refractivity contribution is 5.70. The summed E-state index contributed by atoms with van der Waals surface area (Å²) in [7, 11) is 1.72. The summed E-state index contributed by atoms with van der Waals surface area (Å²) in [6, 6.07) is 10.6. The molecule has 19 heavy (non-hydrogen) atoms. The fourth-order valence-corrected chi connectivity index (χ4v) is 2.53. The minimum atomic E-state index is 0.869. The quantitative estimate of drug-likeness (QED) is 0.837. The molecule has 2 heteroatoms. The minimum absolute atomic E-state index is 0.869. The Hall–Kier alpha value is -1.96. The van der Waals surface area contributed by atoms with Crippen molar-refractivity contribution in [2.24, 2.45) is 0 Å². The second kappa shape index (κ2) is 5.35. The van der Waals surface area contributed by atoms with Crippen molar-refractivity contribution in [2.45, 2.75) is 27.2 Å². The van der Waals surface area contributed by atoms with Crippen LogP contribution in [-0.4, -0.2) is 7.11 Å². The molecule has 2 nitrogen and oxygen atoms in total. The first-order valence-corrected chi connectivity index (χ1v) is 6.60. The number of ether oxygens (including phenoxy) is 1. The second-order valence-corrected chi connectivity index (χ2v) is 4.91. The highest BCUT2D eigenvalue weighted by Crippen LogP contribution is 2.31. The summed E-state index contributed by atoms with van der Waals surface area (Å²) in [5.74, 6) is 0.968. The summed E-state index contributed by atoms with van der Waals surface area (Å²) in [5.41, 5.74) is 12.8. The predicted octanol–water partition coefficient (Wildman–Crippen LogP) is 4.12. The molecule has 0 aliphatic heterocycles. The molecule has 0 bridgehead atoms. The molecule has 2 rings (SSSR count). The van der Waals surface area contributed by atoms with E-state index >= 15 is 0 Å². The Bertz CT molecular complexity index is 579. The van der Waals surface area contributed by atoms with Crippen LogP contribution in [0.1, 0.15) is 23.6 Å². The number of methoxy groups -OCH3 is 1. The molecular formula is C17H21NO. The van der Waals surface area contributed by atoms with E-state index in [0.717, 1.165) is 29.0 Å². The molecule has 0 aliphatic carbocycles. The SMILES string of the molecule is CCc1cc(-c2cc(C)c(OC)c(C)c2)ccc1N. The van der Waals surface area contributed by atoms with Gasteiger partial charge in [-0.3, -0.25) is 0 Å². The fourth-order valence-electron chi connectivity index (χ4n) is 2.53. The van der Waals surface area contributed by atoms with Crippen molar-refractivity contribution in [2.75, 3.05) is 12.8 Å². The Labute approximate surface area is 115 Å². The molecule has 0 aromatic heterocycles. The zero-order valence-electron chi connectivity index (χ0n) is 12.1. The van der Waals surface area contributed by atoms with Crippen molar-refractivity contribution in [3.8, 4) is 16.9 Å². The smallest absolute Gasteiger partial charge is 0.124 e. The molecular weight excluding hydrogens is 234 g/mol. The number of nitrogens with two attached hydrogens (primary N) is 1. The van der Waals surface area contributed by atoms with Crippen LogP contribution in [0.5, 0.6) is 5.75 Å². The maximum atomic E-state index is 5.96. The molecule has 0 fully saturated rings. The third-order valence-corrected chi connectivity index (χ3v) is 3.52. The lowest BCUT2D eigenvalue weighted by Gasteiger charge is -2.13. The molecule has 2 aromatic carbocycles. The molecule has 0 unspecified atom stereocenters. The van der Waals surface area contributed by atoms with Gasteiger partial charge in [0.05, 0.1) is 7.11 Å². The van der Waals surface area contributed by atoms with Gasteiger partial charge < -0.3 is 10.5 Å². The number of hydrogen-bond acceptors (Lipinski definition) is 2. The number of aryl methyl sites for hydroxylation is 3. The van der Waals surface area contributed by atoms with Gasteiger partial charge in [0, 0.05) is 5.69 Å². The van der Waals surface area contributed by atoms with Crippen molar-refractivity contribution in [1.82, 2.24) is 0 Å². The van der Waals surface area contributed by atoms with Gasteiger partial charge in [-0.2, -0.15) is 0 Å². The third kappa shape index (κ3) is 2.58. The first-order valence-electron chi connectivity index (χ1n) is 6.60. The molecule has 2 aromatic rings. The van der Waals surface area contributed by atoms with E-state index in [-0.39, 0.29) is 0 Å². The molecule has 0 spiro atoms. The maximum Gasteiger partial charge on any atom is 0.124 e. The lowest BCUT2D eigenvalue weighted by atomic mass is 9.97. The molecule has 0 amide bonds. The van der Waals surface area contributed by atoms with E-state index in [9.17, 15) is 0 Å². The van der Waals surface area contributed by atoms with Gasteiger partial charge in [-0.15, -0.1) is 0 Å². The van der Waals surface area contributed by atoms with E-state index in [1.807, 2.05) is 6.07 Å². The highest BCUT2D eigenvalue weighted by atomic mass is 16.5. The molecule has 0 atom stereocenters. The Kier molecular flexibility index (Phi) is 3.79. The van der Waals surface area contributed by atoms with Gasteiger partial charge in [-0.1, -0.05) is 13.0 Å². The number of anilines is 1. The normalized spacial score (nSPS) is 10.5. The van der Waals surface area contributed by atoms with Crippen molar-refractivity contribution >= 4 is 5.69 Å². The largest absolute Gasteiger partial charge is 0.496 e. The number of hydrogen-bond donors (Lipinski definition) is 1. The zero-order valence-corrected chi connectivity index (χ0v) is 12.1. The van der Waals surface area contributed by atoms with Crippen LogP contribution in [0, 0.1) is 13.8 Å². The first kappa shape index (κ1) is 13.5. The van der Waals surface area contributed by atoms with E-state index in [1.54, 1.807) is 7.11 Å². The summed E-state index contributed by atoms with van der Waals surface area (Å²) in [5, 5.41) is 0. The predicted molar refractivity (Wildman–Crippen MR) is 81.7 cm³/mol. The van der Waals surface area contributed by atoms with Gasteiger partial charge >= 0.3 is 0 Å². The average molecular weight is 255 g/mol. The van der Waals surface area contributed by atoms with E-state index in [0.29, 0.717) is 0 Å². The Morgan fingerprint density at radius 2 is 1.63 bits per heavy atom. The van der Waals surface area contributed by atoms with Crippen molar-refractivity contribution in [3.63, 3.8) is 0 Å². The van der Waals surface area contributed by atoms with Crippen molar-refractivity contribution in [3.05, 3.63) is 47.0 Å². The summed E-state index contributed by atoms with van der Waals surface area (Å²) < 4.78 is 5.41. The van der Waals surface area contributed by atoms with Crippen LogP contribution in [0.2, 0.25) is 0 Å². The van der Waals surface area contributed by atoms with Crippen molar-refractivity contribution in [1.29, 1.82) is 0 Å². The summed E-state index contributed by atoms with van der Waals surface area (Å²) in [4.78, 5) is 0. The van der Waals surface area contributed by atoms with Crippen LogP contribution in [-0.2, 0) is 6.42 Å². The Morgan fingerprint density at radius 1 is 1.00 bits per heavy atom. The summed E-state index contributed by atoms with van der Waals surface area (Å²) in [6.45, 7) is 6.28. The summed E-state index contributed by atoms with van der Waals surface area (Å²) in [6.07, 6.45) is 0.952. The van der Waals surface area contributed by atoms with E-state index in [1.165, 1.54) is 16.7 Å². The minimum Gasteiger partial charge on any atom is -0.496 e. The lowest BCUT2D eigenvalue weighted by Crippen LogP contribution is -1.95. The van der Waals surface area contributed by atoms with Gasteiger partial charge in [0.15, 0.2) is 0 Å². The first-order chi connectivity index (χ1) is 9.06. The zero-order chi connectivity index (χ0) is 14.0. The lowest BCUT2D eigenvalue weighted by molar-refractivity contribution is 0.408. The highest BCUT2D eigenvalue weighted by Gasteiger charge is 2.08. The van der Waals surface area contributed by atoms with Gasteiger partial charge in [-0.05, 0) is 72.4 Å². The topological polar surface area (TPSA) is 35.2 Å². The van der Waals surface area contributed by atoms with Crippen LogP contribution in [0.15, 0.2) is 30.3 Å². The molecule has 0 saturated carbocycles. The van der Waals surface area contributed by atoms with Crippen LogP contribution >= 0.6 is 0 Å². The molecule has 0 saturated heterocycles. The average Bonchev–Trinajstić information content (AvgIpc) is 2.39. The van der Waals surface area contributed by atoms with E-state index < -0.39 is 0 Å². The van der Waals surface area contributed by atoms with Gasteiger partial charge in [0.2, 0.25) is 0 Å². The van der Waals surface area contributed by atoms with Crippen LogP contribution in [0.25, 0.3) is 11.1 Å². The molecule has 100 valence electrons. The van der Waals surface area contributed by atoms with Gasteiger partial charge in [0.1, 0.15) is 5.75 Å². The fraction of sp³-hybridized carbons (Fsp3) is 0.294.